The van der Waals surface area contributed by atoms with Crippen molar-refractivity contribution < 1.29 is 0 Å². The van der Waals surface area contributed by atoms with E-state index in [-0.39, 0.29) is 0 Å². The molecule has 7 heteroatoms. The highest BCUT2D eigenvalue weighted by Crippen LogP contribution is 2.32. The van der Waals surface area contributed by atoms with E-state index >= 15 is 0 Å². The molecule has 3 aromatic heterocycles. The fourth-order valence-corrected chi connectivity index (χ4v) is 4.67. The van der Waals surface area contributed by atoms with E-state index in [0.29, 0.717) is 12.0 Å². The summed E-state index contributed by atoms with van der Waals surface area (Å²) in [5.74, 6) is 0.678. The molecule has 6 nitrogen and oxygen atoms in total. The molecule has 0 amide bonds. The predicted molar refractivity (Wildman–Crippen MR) is 125 cm³/mol. The molecule has 0 radical (unpaired) electrons. The maximum absolute atomic E-state index is 4.88. The summed E-state index contributed by atoms with van der Waals surface area (Å²) >= 11 is 1.67. The molecule has 0 aliphatic carbocycles. The standard InChI is InChI=1S/C24H24N6S/c1-2-5-18(6-3-1)17-30-12-8-19(9-13-30)28-24-27-15-20(21-16-25-10-11-26-21)23(29-24)22-7-4-14-31-22/h1-7,10-11,14-16,19H,8-9,12-13,17H2,(H,27,28,29). The Hall–Kier alpha value is -3.16. The van der Waals surface area contributed by atoms with E-state index in [1.165, 1.54) is 5.56 Å². The van der Waals surface area contributed by atoms with Crippen LogP contribution in [0.2, 0.25) is 0 Å². The van der Waals surface area contributed by atoms with Crippen LogP contribution >= 0.6 is 11.3 Å². The maximum Gasteiger partial charge on any atom is 0.223 e. The Kier molecular flexibility index (Phi) is 5.95. The van der Waals surface area contributed by atoms with Crippen molar-refractivity contribution in [2.24, 2.45) is 0 Å². The van der Waals surface area contributed by atoms with Gasteiger partial charge in [-0.2, -0.15) is 0 Å². The van der Waals surface area contributed by atoms with Crippen LogP contribution in [0, 0.1) is 0 Å². The minimum Gasteiger partial charge on any atom is -0.351 e. The molecule has 31 heavy (non-hydrogen) atoms. The van der Waals surface area contributed by atoms with Crippen LogP contribution in [0.5, 0.6) is 0 Å². The topological polar surface area (TPSA) is 66.8 Å². The third-order valence-corrected chi connectivity index (χ3v) is 6.43. The van der Waals surface area contributed by atoms with Crippen molar-refractivity contribution in [3.63, 3.8) is 0 Å². The zero-order valence-electron chi connectivity index (χ0n) is 17.2. The number of likely N-dealkylation sites (tertiary alicyclic amines) is 1. The fraction of sp³-hybridized carbons (Fsp3) is 0.250. The number of nitrogens with one attached hydrogen (secondary N) is 1. The highest BCUT2D eigenvalue weighted by Gasteiger charge is 2.21. The lowest BCUT2D eigenvalue weighted by Crippen LogP contribution is -2.39. The number of benzene rings is 1. The molecule has 0 unspecified atom stereocenters. The van der Waals surface area contributed by atoms with Crippen LogP contribution < -0.4 is 5.32 Å². The van der Waals surface area contributed by atoms with Gasteiger partial charge in [-0.3, -0.25) is 14.9 Å². The molecule has 156 valence electrons. The van der Waals surface area contributed by atoms with Gasteiger partial charge in [-0.1, -0.05) is 36.4 Å². The van der Waals surface area contributed by atoms with Crippen molar-refractivity contribution in [3.8, 4) is 21.8 Å². The summed E-state index contributed by atoms with van der Waals surface area (Å²) in [6.45, 7) is 3.16. The molecule has 4 heterocycles. The van der Waals surface area contributed by atoms with Gasteiger partial charge in [0, 0.05) is 49.8 Å². The second-order valence-electron chi connectivity index (χ2n) is 7.70. The molecule has 5 rings (SSSR count). The minimum absolute atomic E-state index is 0.380. The lowest BCUT2D eigenvalue weighted by atomic mass is 10.0. The lowest BCUT2D eigenvalue weighted by Gasteiger charge is -2.32. The van der Waals surface area contributed by atoms with Crippen molar-refractivity contribution in [3.05, 3.63) is 78.2 Å². The largest absolute Gasteiger partial charge is 0.351 e. The Labute approximate surface area is 186 Å². The van der Waals surface area contributed by atoms with Gasteiger partial charge in [0.1, 0.15) is 0 Å². The average molecular weight is 429 g/mol. The number of thiophene rings is 1. The van der Waals surface area contributed by atoms with Gasteiger partial charge in [-0.25, -0.2) is 9.97 Å². The number of rotatable bonds is 6. The van der Waals surface area contributed by atoms with Crippen LogP contribution in [0.3, 0.4) is 0 Å². The molecular formula is C24H24N6S. The van der Waals surface area contributed by atoms with Crippen LogP contribution in [0.4, 0.5) is 5.95 Å². The highest BCUT2D eigenvalue weighted by molar-refractivity contribution is 7.13. The van der Waals surface area contributed by atoms with E-state index in [4.69, 9.17) is 4.98 Å². The van der Waals surface area contributed by atoms with Gasteiger partial charge in [0.15, 0.2) is 0 Å². The van der Waals surface area contributed by atoms with Crippen molar-refractivity contribution >= 4 is 17.3 Å². The Balaban J connectivity index is 1.29. The number of anilines is 1. The first-order valence-corrected chi connectivity index (χ1v) is 11.4. The molecule has 1 aliphatic rings. The summed E-state index contributed by atoms with van der Waals surface area (Å²) in [5, 5.41) is 5.63. The van der Waals surface area contributed by atoms with Gasteiger partial charge in [0.2, 0.25) is 5.95 Å². The van der Waals surface area contributed by atoms with E-state index in [0.717, 1.165) is 54.3 Å². The molecular weight excluding hydrogens is 404 g/mol. The molecule has 1 aliphatic heterocycles. The normalized spacial score (nSPS) is 15.1. The summed E-state index contributed by atoms with van der Waals surface area (Å²) in [7, 11) is 0. The number of nitrogens with zero attached hydrogens (tertiary/aromatic N) is 5. The summed E-state index contributed by atoms with van der Waals surface area (Å²) in [6, 6.07) is 15.2. The van der Waals surface area contributed by atoms with Crippen molar-refractivity contribution in [2.45, 2.75) is 25.4 Å². The quantitative estimate of drug-likeness (QED) is 0.479. The summed E-state index contributed by atoms with van der Waals surface area (Å²) < 4.78 is 0. The third kappa shape index (κ3) is 4.78. The molecule has 0 saturated carbocycles. The first kappa shape index (κ1) is 19.8. The van der Waals surface area contributed by atoms with E-state index < -0.39 is 0 Å². The summed E-state index contributed by atoms with van der Waals surface area (Å²) in [5.41, 5.74) is 3.96. The second-order valence-corrected chi connectivity index (χ2v) is 8.65. The first-order valence-electron chi connectivity index (χ1n) is 10.6. The van der Waals surface area contributed by atoms with Gasteiger partial charge in [0.05, 0.1) is 22.5 Å². The average Bonchev–Trinajstić information content (AvgIpc) is 3.37. The molecule has 0 spiro atoms. The van der Waals surface area contributed by atoms with E-state index in [1.807, 2.05) is 12.3 Å². The van der Waals surface area contributed by atoms with Crippen LogP contribution in [0.1, 0.15) is 18.4 Å². The number of hydrogen-bond acceptors (Lipinski definition) is 7. The molecule has 4 aromatic rings. The molecule has 1 N–H and O–H groups in total. The SMILES string of the molecule is c1ccc(CN2CCC(Nc3ncc(-c4cnccn4)c(-c4cccs4)n3)CC2)cc1. The van der Waals surface area contributed by atoms with E-state index in [2.05, 4.69) is 66.9 Å². The Morgan fingerprint density at radius 1 is 0.968 bits per heavy atom. The molecule has 1 fully saturated rings. The Morgan fingerprint density at radius 3 is 2.58 bits per heavy atom. The highest BCUT2D eigenvalue weighted by atomic mass is 32.1. The van der Waals surface area contributed by atoms with Gasteiger partial charge < -0.3 is 5.32 Å². The molecule has 0 bridgehead atoms. The number of hydrogen-bond donors (Lipinski definition) is 1. The van der Waals surface area contributed by atoms with Crippen LogP contribution in [0.25, 0.3) is 21.8 Å². The minimum atomic E-state index is 0.380. The van der Waals surface area contributed by atoms with Gasteiger partial charge in [-0.05, 0) is 29.9 Å². The predicted octanol–water partition coefficient (Wildman–Crippen LogP) is 4.74. The first-order chi connectivity index (χ1) is 15.3. The molecule has 1 aromatic carbocycles. The van der Waals surface area contributed by atoms with E-state index in [9.17, 15) is 0 Å². The van der Waals surface area contributed by atoms with E-state index in [1.54, 1.807) is 29.9 Å². The summed E-state index contributed by atoms with van der Waals surface area (Å²) in [6.07, 6.45) is 9.15. The molecule has 1 saturated heterocycles. The molecule has 0 atom stereocenters. The van der Waals surface area contributed by atoms with Gasteiger partial charge >= 0.3 is 0 Å². The summed E-state index contributed by atoms with van der Waals surface area (Å²) in [4.78, 5) is 21.7. The van der Waals surface area contributed by atoms with Crippen LogP contribution in [-0.4, -0.2) is 44.0 Å². The van der Waals surface area contributed by atoms with Crippen LogP contribution in [-0.2, 0) is 6.54 Å². The Morgan fingerprint density at radius 2 is 1.84 bits per heavy atom. The van der Waals surface area contributed by atoms with Gasteiger partial charge in [0.25, 0.3) is 0 Å². The monoisotopic (exact) mass is 428 g/mol. The second kappa shape index (κ2) is 9.32. The maximum atomic E-state index is 4.88. The number of aromatic nitrogens is 4. The fourth-order valence-electron chi connectivity index (χ4n) is 3.94. The van der Waals surface area contributed by atoms with Crippen molar-refractivity contribution in [2.75, 3.05) is 18.4 Å². The number of piperidine rings is 1. The zero-order chi connectivity index (χ0) is 20.9. The van der Waals surface area contributed by atoms with Crippen molar-refractivity contribution in [1.29, 1.82) is 0 Å². The lowest BCUT2D eigenvalue weighted by molar-refractivity contribution is 0.211. The van der Waals surface area contributed by atoms with Gasteiger partial charge in [-0.15, -0.1) is 11.3 Å². The Bertz CT molecular complexity index is 1090. The zero-order valence-corrected chi connectivity index (χ0v) is 18.0. The van der Waals surface area contributed by atoms with Crippen LogP contribution in [0.15, 0.2) is 72.6 Å². The third-order valence-electron chi connectivity index (χ3n) is 5.55. The smallest absolute Gasteiger partial charge is 0.223 e. The van der Waals surface area contributed by atoms with Crippen molar-refractivity contribution in [1.82, 2.24) is 24.8 Å².